The van der Waals surface area contributed by atoms with E-state index in [1.807, 2.05) is 63.2 Å². The monoisotopic (exact) mass is 434 g/mol. The highest BCUT2D eigenvalue weighted by Gasteiger charge is 2.32. The molecule has 0 bridgehead atoms. The maximum Gasteiger partial charge on any atom is 0.264 e. The molecule has 4 rings (SSSR count). The Labute approximate surface area is 184 Å². The van der Waals surface area contributed by atoms with Gasteiger partial charge in [0.2, 0.25) is 5.91 Å². The van der Waals surface area contributed by atoms with Crippen molar-refractivity contribution in [3.05, 3.63) is 89.0 Å². The van der Waals surface area contributed by atoms with Crippen LogP contribution in [-0.2, 0) is 21.2 Å². The highest BCUT2D eigenvalue weighted by atomic mass is 32.2. The van der Waals surface area contributed by atoms with Gasteiger partial charge in [-0.25, -0.2) is 8.42 Å². The molecule has 3 aromatic rings. The standard InChI is InChI=1S/C25H26N2O3S/c1-18-9-12-22(13-10-18)31(29,30)27(24-16-19(2)8-11-20(24)3)17-25(28)26-15-14-21-6-4-5-7-23(21)26/h4-13,16H,14-15,17H2,1-3H3. The summed E-state index contributed by atoms with van der Waals surface area (Å²) in [6.07, 6.45) is 0.774. The molecule has 0 unspecified atom stereocenters. The van der Waals surface area contributed by atoms with E-state index < -0.39 is 10.0 Å². The van der Waals surface area contributed by atoms with Gasteiger partial charge < -0.3 is 4.90 Å². The molecule has 0 aliphatic carbocycles. The molecule has 3 aromatic carbocycles. The Morgan fingerprint density at radius 1 is 0.935 bits per heavy atom. The molecule has 1 amide bonds. The van der Waals surface area contributed by atoms with Gasteiger partial charge in [0.1, 0.15) is 6.54 Å². The van der Waals surface area contributed by atoms with E-state index >= 15 is 0 Å². The van der Waals surface area contributed by atoms with Gasteiger partial charge in [0.05, 0.1) is 10.6 Å². The zero-order valence-electron chi connectivity index (χ0n) is 18.0. The fraction of sp³-hybridized carbons (Fsp3) is 0.240. The molecule has 0 radical (unpaired) electrons. The summed E-state index contributed by atoms with van der Waals surface area (Å²) in [6, 6.07) is 20.2. The van der Waals surface area contributed by atoms with Crippen LogP contribution in [0.1, 0.15) is 22.3 Å². The summed E-state index contributed by atoms with van der Waals surface area (Å²) < 4.78 is 28.6. The van der Waals surface area contributed by atoms with Gasteiger partial charge in [-0.15, -0.1) is 0 Å². The van der Waals surface area contributed by atoms with E-state index in [1.54, 1.807) is 29.2 Å². The number of anilines is 2. The Balaban J connectivity index is 1.75. The molecule has 0 aromatic heterocycles. The second-order valence-electron chi connectivity index (χ2n) is 8.04. The van der Waals surface area contributed by atoms with Gasteiger partial charge in [0.25, 0.3) is 10.0 Å². The van der Waals surface area contributed by atoms with Crippen molar-refractivity contribution in [3.63, 3.8) is 0 Å². The fourth-order valence-corrected chi connectivity index (χ4v) is 5.40. The molecule has 0 N–H and O–H groups in total. The lowest BCUT2D eigenvalue weighted by molar-refractivity contribution is -0.117. The van der Waals surface area contributed by atoms with Gasteiger partial charge in [-0.1, -0.05) is 48.0 Å². The van der Waals surface area contributed by atoms with E-state index in [2.05, 4.69) is 0 Å². The fourth-order valence-electron chi connectivity index (χ4n) is 3.93. The second kappa shape index (κ2) is 8.19. The van der Waals surface area contributed by atoms with Crippen LogP contribution in [0.5, 0.6) is 0 Å². The van der Waals surface area contributed by atoms with E-state index in [1.165, 1.54) is 4.31 Å². The number of para-hydroxylation sites is 1. The molecule has 1 aliphatic rings. The summed E-state index contributed by atoms with van der Waals surface area (Å²) >= 11 is 0. The van der Waals surface area contributed by atoms with Crippen LogP contribution < -0.4 is 9.21 Å². The van der Waals surface area contributed by atoms with Crippen molar-refractivity contribution in [1.29, 1.82) is 0 Å². The summed E-state index contributed by atoms with van der Waals surface area (Å²) in [5.41, 5.74) is 5.21. The molecule has 1 aliphatic heterocycles. The summed E-state index contributed by atoms with van der Waals surface area (Å²) in [4.78, 5) is 15.2. The number of fused-ring (bicyclic) bond motifs is 1. The summed E-state index contributed by atoms with van der Waals surface area (Å²) in [7, 11) is -3.93. The third-order valence-electron chi connectivity index (χ3n) is 5.71. The van der Waals surface area contributed by atoms with Gasteiger partial charge in [-0.2, -0.15) is 0 Å². The second-order valence-corrected chi connectivity index (χ2v) is 9.90. The van der Waals surface area contributed by atoms with Gasteiger partial charge in [-0.05, 0) is 68.1 Å². The number of benzene rings is 3. The van der Waals surface area contributed by atoms with Crippen molar-refractivity contribution in [2.45, 2.75) is 32.1 Å². The van der Waals surface area contributed by atoms with Gasteiger partial charge in [-0.3, -0.25) is 9.10 Å². The van der Waals surface area contributed by atoms with E-state index in [9.17, 15) is 13.2 Å². The minimum Gasteiger partial charge on any atom is -0.310 e. The summed E-state index contributed by atoms with van der Waals surface area (Å²) in [5.74, 6) is -0.235. The van der Waals surface area contributed by atoms with Gasteiger partial charge in [0, 0.05) is 12.2 Å². The largest absolute Gasteiger partial charge is 0.310 e. The first-order valence-electron chi connectivity index (χ1n) is 10.3. The molecule has 0 atom stereocenters. The van der Waals surface area contributed by atoms with Crippen molar-refractivity contribution in [2.24, 2.45) is 0 Å². The van der Waals surface area contributed by atoms with Gasteiger partial charge >= 0.3 is 0 Å². The quantitative estimate of drug-likeness (QED) is 0.598. The van der Waals surface area contributed by atoms with Crippen LogP contribution in [0.4, 0.5) is 11.4 Å². The SMILES string of the molecule is Cc1ccc(S(=O)(=O)N(CC(=O)N2CCc3ccccc32)c2cc(C)ccc2C)cc1. The molecule has 1 heterocycles. The number of hydrogen-bond acceptors (Lipinski definition) is 3. The van der Waals surface area contributed by atoms with Crippen LogP contribution in [0.15, 0.2) is 71.6 Å². The zero-order valence-corrected chi connectivity index (χ0v) is 18.8. The Morgan fingerprint density at radius 2 is 1.61 bits per heavy atom. The maximum absolute atomic E-state index is 13.7. The molecule has 0 saturated carbocycles. The molecule has 0 fully saturated rings. The molecule has 160 valence electrons. The smallest absolute Gasteiger partial charge is 0.264 e. The molecule has 6 heteroatoms. The highest BCUT2D eigenvalue weighted by Crippen LogP contribution is 2.31. The van der Waals surface area contributed by atoms with Crippen LogP contribution in [0, 0.1) is 20.8 Å². The Kier molecular flexibility index (Phi) is 5.58. The predicted molar refractivity (Wildman–Crippen MR) is 124 cm³/mol. The van der Waals surface area contributed by atoms with Crippen molar-refractivity contribution in [1.82, 2.24) is 0 Å². The first kappa shape index (κ1) is 21.1. The summed E-state index contributed by atoms with van der Waals surface area (Å²) in [6.45, 7) is 5.99. The molecule has 5 nitrogen and oxygen atoms in total. The van der Waals surface area contributed by atoms with Crippen molar-refractivity contribution in [2.75, 3.05) is 22.3 Å². The van der Waals surface area contributed by atoms with Crippen LogP contribution in [0.25, 0.3) is 0 Å². The molecule has 0 spiro atoms. The zero-order chi connectivity index (χ0) is 22.2. The number of nitrogens with zero attached hydrogens (tertiary/aromatic N) is 2. The van der Waals surface area contributed by atoms with Crippen LogP contribution in [-0.4, -0.2) is 27.4 Å². The van der Waals surface area contributed by atoms with Crippen molar-refractivity contribution >= 4 is 27.3 Å². The topological polar surface area (TPSA) is 57.7 Å². The van der Waals surface area contributed by atoms with Crippen LogP contribution >= 0.6 is 0 Å². The Hall–Kier alpha value is -3.12. The Bertz CT molecular complexity index is 1230. The average molecular weight is 435 g/mol. The third kappa shape index (κ3) is 4.08. The number of amides is 1. The number of aryl methyl sites for hydroxylation is 3. The number of carbonyl (C=O) groups is 1. The Morgan fingerprint density at radius 3 is 2.35 bits per heavy atom. The number of carbonyl (C=O) groups excluding carboxylic acids is 1. The lowest BCUT2D eigenvalue weighted by atomic mass is 10.1. The predicted octanol–water partition coefficient (Wildman–Crippen LogP) is 4.40. The average Bonchev–Trinajstić information content (AvgIpc) is 3.18. The maximum atomic E-state index is 13.7. The first-order valence-corrected chi connectivity index (χ1v) is 11.8. The third-order valence-corrected chi connectivity index (χ3v) is 7.48. The van der Waals surface area contributed by atoms with Crippen molar-refractivity contribution in [3.8, 4) is 0 Å². The van der Waals surface area contributed by atoms with Crippen molar-refractivity contribution < 1.29 is 13.2 Å². The lowest BCUT2D eigenvalue weighted by Crippen LogP contribution is -2.43. The number of sulfonamides is 1. The number of rotatable bonds is 5. The van der Waals surface area contributed by atoms with E-state index in [0.29, 0.717) is 12.2 Å². The summed E-state index contributed by atoms with van der Waals surface area (Å²) in [5, 5.41) is 0. The highest BCUT2D eigenvalue weighted by molar-refractivity contribution is 7.92. The first-order chi connectivity index (χ1) is 14.8. The minimum atomic E-state index is -3.93. The van der Waals surface area contributed by atoms with E-state index in [0.717, 1.165) is 34.4 Å². The van der Waals surface area contributed by atoms with Crippen LogP contribution in [0.2, 0.25) is 0 Å². The molecule has 31 heavy (non-hydrogen) atoms. The van der Waals surface area contributed by atoms with Crippen LogP contribution in [0.3, 0.4) is 0 Å². The lowest BCUT2D eigenvalue weighted by Gasteiger charge is -2.28. The number of hydrogen-bond donors (Lipinski definition) is 0. The normalized spacial score (nSPS) is 13.2. The van der Waals surface area contributed by atoms with E-state index in [4.69, 9.17) is 0 Å². The molecular weight excluding hydrogens is 408 g/mol. The molecule has 0 saturated heterocycles. The van der Waals surface area contributed by atoms with E-state index in [-0.39, 0.29) is 17.3 Å². The molecular formula is C25H26N2O3S. The van der Waals surface area contributed by atoms with Gasteiger partial charge in [0.15, 0.2) is 0 Å². The minimum absolute atomic E-state index is 0.175.